The molecule has 338 valence electrons. The van der Waals surface area contributed by atoms with E-state index < -0.39 is 21.6 Å². The van der Waals surface area contributed by atoms with Gasteiger partial charge in [0.1, 0.15) is 23.8 Å². The first-order chi connectivity index (χ1) is 31.3. The third kappa shape index (κ3) is 8.24. The number of esters is 1. The zero-order chi connectivity index (χ0) is 45.6. The Labute approximate surface area is 376 Å². The van der Waals surface area contributed by atoms with E-state index in [4.69, 9.17) is 24.1 Å². The topological polar surface area (TPSA) is 200 Å². The first-order valence-electron chi connectivity index (χ1n) is 22.3. The average Bonchev–Trinajstić information content (AvgIpc) is 3.90. The lowest BCUT2D eigenvalue weighted by molar-refractivity contribution is -0.172. The van der Waals surface area contributed by atoms with Gasteiger partial charge in [0.15, 0.2) is 5.60 Å². The van der Waals surface area contributed by atoms with Crippen molar-refractivity contribution in [2.24, 2.45) is 5.14 Å². The van der Waals surface area contributed by atoms with Crippen molar-refractivity contribution in [2.45, 2.75) is 95.4 Å². The van der Waals surface area contributed by atoms with Crippen LogP contribution in [0, 0.1) is 6.92 Å². The summed E-state index contributed by atoms with van der Waals surface area (Å²) in [6.45, 7) is 9.47. The summed E-state index contributed by atoms with van der Waals surface area (Å²) in [5.74, 6) is 0.403. The number of sulfonamides is 1. The lowest BCUT2D eigenvalue weighted by Gasteiger charge is -2.39. The van der Waals surface area contributed by atoms with Gasteiger partial charge in [0.25, 0.3) is 5.56 Å². The van der Waals surface area contributed by atoms with Crippen LogP contribution in [0.5, 0.6) is 5.75 Å². The molecular weight excluding hydrogens is 849 g/mol. The van der Waals surface area contributed by atoms with E-state index in [2.05, 4.69) is 17.0 Å². The van der Waals surface area contributed by atoms with Crippen LogP contribution in [0.25, 0.3) is 44.7 Å². The Balaban J connectivity index is 0.000000203. The molecule has 1 atom stereocenters. The number of hydrogen-bond acceptors (Lipinski definition) is 12. The van der Waals surface area contributed by atoms with Crippen LogP contribution < -0.4 is 15.4 Å². The summed E-state index contributed by atoms with van der Waals surface area (Å²) < 4.78 is 40.7. The van der Waals surface area contributed by atoms with E-state index >= 15 is 0 Å². The molecule has 7 heterocycles. The third-order valence-corrected chi connectivity index (χ3v) is 14.3. The molecule has 10 rings (SSSR count). The second-order valence-corrected chi connectivity index (χ2v) is 18.7. The van der Waals surface area contributed by atoms with Crippen LogP contribution in [0.15, 0.2) is 93.1 Å². The fourth-order valence-electron chi connectivity index (χ4n) is 9.79. The van der Waals surface area contributed by atoms with Crippen LogP contribution in [0.3, 0.4) is 0 Å². The van der Waals surface area contributed by atoms with Crippen molar-refractivity contribution < 1.29 is 37.1 Å². The largest absolute Gasteiger partial charge is 0.458 e. The van der Waals surface area contributed by atoms with Gasteiger partial charge in [-0.25, -0.2) is 28.1 Å². The predicted octanol–water partition coefficient (Wildman–Crippen LogP) is 7.06. The number of amides is 1. The molecule has 4 aliphatic rings. The summed E-state index contributed by atoms with van der Waals surface area (Å²) in [5.41, 5.74) is 5.71. The normalized spacial score (nSPS) is 18.6. The number of hydrogen-bond donors (Lipinski definition) is 2. The molecule has 0 saturated carbocycles. The molecule has 3 aromatic carbocycles. The zero-order valence-corrected chi connectivity index (χ0v) is 37.5. The van der Waals surface area contributed by atoms with Crippen molar-refractivity contribution in [3.8, 4) is 39.5 Å². The summed E-state index contributed by atoms with van der Waals surface area (Å²) in [6, 6.07) is 23.8. The predicted molar refractivity (Wildman–Crippen MR) is 243 cm³/mol. The van der Waals surface area contributed by atoms with Gasteiger partial charge in [0.05, 0.1) is 39.5 Å². The van der Waals surface area contributed by atoms with Crippen molar-refractivity contribution in [1.29, 1.82) is 0 Å². The molecule has 16 heteroatoms. The second-order valence-electron chi connectivity index (χ2n) is 17.1. The molecule has 0 radical (unpaired) electrons. The van der Waals surface area contributed by atoms with Crippen LogP contribution >= 0.6 is 0 Å². The summed E-state index contributed by atoms with van der Waals surface area (Å²) in [6.07, 6.45) is 6.26. The summed E-state index contributed by atoms with van der Waals surface area (Å²) >= 11 is 0. The Kier molecular flexibility index (Phi) is 12.0. The number of aryl methyl sites for hydroxylation is 2. The molecular formula is C49H52N6O9S. The molecule has 65 heavy (non-hydrogen) atoms. The number of nitrogens with two attached hydrogens (primary N) is 1. The highest BCUT2D eigenvalue weighted by Gasteiger charge is 2.45. The van der Waals surface area contributed by atoms with E-state index in [-0.39, 0.29) is 29.6 Å². The lowest BCUT2D eigenvalue weighted by atomic mass is 9.86. The minimum absolute atomic E-state index is 0.0756. The van der Waals surface area contributed by atoms with Crippen LogP contribution in [-0.2, 0) is 44.7 Å². The smallest absolute Gasteiger partial charge is 0.415 e. The van der Waals surface area contributed by atoms with E-state index in [0.717, 1.165) is 57.3 Å². The maximum atomic E-state index is 13.6. The van der Waals surface area contributed by atoms with E-state index in [0.29, 0.717) is 66.1 Å². The Morgan fingerprint density at radius 1 is 0.908 bits per heavy atom. The van der Waals surface area contributed by atoms with Crippen LogP contribution in [0.1, 0.15) is 80.4 Å². The highest BCUT2D eigenvalue weighted by Crippen LogP contribution is 2.41. The van der Waals surface area contributed by atoms with Gasteiger partial charge in [-0.1, -0.05) is 67.9 Å². The molecule has 4 aliphatic heterocycles. The number of carbonyl (C=O) groups excluding carboxylic acids is 2. The number of likely N-dealkylation sites (tertiary alicyclic amines) is 2. The van der Waals surface area contributed by atoms with E-state index in [9.17, 15) is 27.9 Å². The highest BCUT2D eigenvalue weighted by atomic mass is 32.2. The number of fused-ring (bicyclic) bond motifs is 5. The number of aliphatic hydroxyl groups is 1. The van der Waals surface area contributed by atoms with Crippen LogP contribution in [0.4, 0.5) is 4.79 Å². The number of pyridine rings is 2. The number of rotatable bonds is 7. The zero-order valence-electron chi connectivity index (χ0n) is 36.7. The fourth-order valence-corrected chi connectivity index (χ4v) is 10.3. The molecule has 0 bridgehead atoms. The number of cyclic esters (lactones) is 1. The van der Waals surface area contributed by atoms with Crippen molar-refractivity contribution in [3.05, 3.63) is 117 Å². The maximum absolute atomic E-state index is 13.6. The van der Waals surface area contributed by atoms with Gasteiger partial charge in [-0.3, -0.25) is 4.79 Å². The number of piperidine rings is 2. The molecule has 2 fully saturated rings. The monoisotopic (exact) mass is 900 g/mol. The van der Waals surface area contributed by atoms with Crippen molar-refractivity contribution in [1.82, 2.24) is 24.5 Å². The van der Waals surface area contributed by atoms with E-state index in [1.54, 1.807) is 35.8 Å². The molecule has 0 aliphatic carbocycles. The number of carbonyl (C=O) groups is 2. The van der Waals surface area contributed by atoms with Gasteiger partial charge in [-0.05, 0) is 106 Å². The van der Waals surface area contributed by atoms with Gasteiger partial charge < -0.3 is 33.5 Å². The second kappa shape index (κ2) is 17.6. The molecule has 3 N–H and O–H groups in total. The van der Waals surface area contributed by atoms with Gasteiger partial charge in [0.2, 0.25) is 10.0 Å². The molecule has 1 amide bonds. The van der Waals surface area contributed by atoms with Crippen molar-refractivity contribution in [2.75, 3.05) is 26.2 Å². The van der Waals surface area contributed by atoms with Gasteiger partial charge in [0, 0.05) is 41.2 Å². The molecule has 15 nitrogen and oxygen atoms in total. The Bertz CT molecular complexity index is 2970. The molecule has 0 spiro atoms. The van der Waals surface area contributed by atoms with E-state index in [1.807, 2.05) is 54.3 Å². The Hall–Kier alpha value is -6.20. The van der Waals surface area contributed by atoms with Crippen LogP contribution in [-0.4, -0.2) is 82.3 Å². The number of benzene rings is 3. The van der Waals surface area contributed by atoms with Crippen molar-refractivity contribution >= 4 is 33.0 Å². The third-order valence-electron chi connectivity index (χ3n) is 13.3. The number of primary sulfonamides is 1. The SMILES string of the molecule is CCc1c2c(nc3ccc(OC(=O)N4CCC(N5CCCCC5)CC4)cc13)-c1cc3c(c(=O)n1C2)COC(=O)[C@]3(O)CC.Cc1onc(-c2ccccc2)c1-c1ccc(S(N)(=O)=O)cc1. The molecule has 3 aromatic heterocycles. The summed E-state index contributed by atoms with van der Waals surface area (Å²) in [4.78, 5) is 48.6. The summed E-state index contributed by atoms with van der Waals surface area (Å²) in [7, 11) is -3.70. The fraction of sp³-hybridized carbons (Fsp3) is 0.367. The first kappa shape index (κ1) is 44.0. The average molecular weight is 901 g/mol. The van der Waals surface area contributed by atoms with Gasteiger partial charge in [-0.2, -0.15) is 0 Å². The lowest BCUT2D eigenvalue weighted by Crippen LogP contribution is -2.48. The molecule has 0 unspecified atom stereocenters. The van der Waals surface area contributed by atoms with Gasteiger partial charge >= 0.3 is 12.1 Å². The molecule has 6 aromatic rings. The van der Waals surface area contributed by atoms with Crippen molar-refractivity contribution in [3.63, 3.8) is 0 Å². The minimum Gasteiger partial charge on any atom is -0.458 e. The van der Waals surface area contributed by atoms with E-state index in [1.165, 1.54) is 44.5 Å². The standard InChI is InChI=1S/C33H38N4O6.C16H14N2O3S/c1-3-22-23-16-21(43-32(40)36-14-10-20(11-15-36)35-12-6-5-7-13-35)8-9-27(23)34-29-24(22)18-37-28(29)17-26-25(30(37)38)19-42-31(39)33(26,41)4-2;1-11-15(12-7-9-14(10-8-12)22(17,19)20)16(18-21-11)13-5-3-2-4-6-13/h8-9,16-17,20,41H,3-7,10-15,18-19H2,1-2H3;2-10H,1H3,(H2,17,19,20)/t33-;/m0./s1. The first-order valence-corrected chi connectivity index (χ1v) is 23.8. The minimum atomic E-state index is -3.70. The van der Waals surface area contributed by atoms with Crippen LogP contribution in [0.2, 0.25) is 0 Å². The highest BCUT2D eigenvalue weighted by molar-refractivity contribution is 7.89. The Morgan fingerprint density at radius 3 is 2.31 bits per heavy atom. The maximum Gasteiger partial charge on any atom is 0.415 e. The number of ether oxygens (including phenoxy) is 2. The Morgan fingerprint density at radius 2 is 1.63 bits per heavy atom. The summed E-state index contributed by atoms with van der Waals surface area (Å²) in [5, 5.41) is 21.3. The molecule has 2 saturated heterocycles. The number of nitrogens with zero attached hydrogens (tertiary/aromatic N) is 5. The quantitative estimate of drug-likeness (QED) is 0.155. The number of aromatic nitrogens is 3. The van der Waals surface area contributed by atoms with Gasteiger partial charge in [-0.15, -0.1) is 0 Å².